The summed E-state index contributed by atoms with van der Waals surface area (Å²) in [7, 11) is 1.69. The van der Waals surface area contributed by atoms with Crippen LogP contribution in [0.4, 0.5) is 11.4 Å². The number of ether oxygens (including phenoxy) is 2. The van der Waals surface area contributed by atoms with Crippen LogP contribution in [0, 0.1) is 0 Å². The van der Waals surface area contributed by atoms with E-state index in [0.717, 1.165) is 31.8 Å². The molecule has 108 valence electrons. The molecule has 4 nitrogen and oxygen atoms in total. The maximum Gasteiger partial charge on any atom is 0.0701 e. The van der Waals surface area contributed by atoms with Crippen molar-refractivity contribution in [2.75, 3.05) is 50.7 Å². The van der Waals surface area contributed by atoms with Crippen molar-refractivity contribution in [2.24, 2.45) is 0 Å². The highest BCUT2D eigenvalue weighted by molar-refractivity contribution is 5.85. The van der Waals surface area contributed by atoms with Crippen LogP contribution >= 0.6 is 12.4 Å². The molecule has 0 saturated heterocycles. The van der Waals surface area contributed by atoms with Crippen LogP contribution in [0.2, 0.25) is 0 Å². The van der Waals surface area contributed by atoms with E-state index in [1.54, 1.807) is 7.11 Å². The highest BCUT2D eigenvalue weighted by atomic mass is 35.5. The first-order valence-corrected chi connectivity index (χ1v) is 6.52. The zero-order chi connectivity index (χ0) is 12.8. The molecular weight excluding hydrogens is 264 g/mol. The Balaban J connectivity index is 0.00000180. The summed E-state index contributed by atoms with van der Waals surface area (Å²) >= 11 is 0. The van der Waals surface area contributed by atoms with Crippen molar-refractivity contribution < 1.29 is 9.47 Å². The van der Waals surface area contributed by atoms with Crippen molar-refractivity contribution in [1.82, 2.24) is 0 Å². The number of methoxy groups -OCH3 is 1. The molecular formula is C14H23ClN2O2. The molecule has 0 spiro atoms. The lowest BCUT2D eigenvalue weighted by atomic mass is 10.00. The largest absolute Gasteiger partial charge is 0.398 e. The molecule has 1 aliphatic heterocycles. The third-order valence-electron chi connectivity index (χ3n) is 3.32. The van der Waals surface area contributed by atoms with Gasteiger partial charge in [-0.3, -0.25) is 0 Å². The predicted molar refractivity (Wildman–Crippen MR) is 81.3 cm³/mol. The van der Waals surface area contributed by atoms with Crippen LogP contribution in [0.15, 0.2) is 18.2 Å². The lowest BCUT2D eigenvalue weighted by Gasteiger charge is -2.31. The number of hydrogen-bond donors (Lipinski definition) is 1. The van der Waals surface area contributed by atoms with Crippen LogP contribution in [-0.2, 0) is 15.9 Å². The second kappa shape index (κ2) is 8.25. The van der Waals surface area contributed by atoms with E-state index in [2.05, 4.69) is 11.0 Å². The normalized spacial score (nSPS) is 13.8. The quantitative estimate of drug-likeness (QED) is 0.643. The van der Waals surface area contributed by atoms with Crippen molar-refractivity contribution in [3.8, 4) is 0 Å². The van der Waals surface area contributed by atoms with E-state index in [0.29, 0.717) is 13.2 Å². The van der Waals surface area contributed by atoms with Crippen LogP contribution in [0.25, 0.3) is 0 Å². The summed E-state index contributed by atoms with van der Waals surface area (Å²) < 4.78 is 10.5. The standard InChI is InChI=1S/C14H22N2O2.ClH/c1-17-10-11-18-9-8-16-7-3-4-12-13(15)5-2-6-14(12)16;/h2,5-6H,3-4,7-11,15H2,1H3;1H. The van der Waals surface area contributed by atoms with Crippen LogP contribution in [0.1, 0.15) is 12.0 Å². The summed E-state index contributed by atoms with van der Waals surface area (Å²) in [5, 5.41) is 0. The molecule has 1 aromatic carbocycles. The number of anilines is 2. The van der Waals surface area contributed by atoms with Crippen LogP contribution < -0.4 is 10.6 Å². The first-order valence-electron chi connectivity index (χ1n) is 6.52. The number of hydrogen-bond acceptors (Lipinski definition) is 4. The van der Waals surface area contributed by atoms with Gasteiger partial charge < -0.3 is 20.1 Å². The Kier molecular flexibility index (Phi) is 6.99. The molecule has 0 unspecified atom stereocenters. The SMILES string of the molecule is COCCOCCN1CCCc2c(N)cccc21.Cl. The predicted octanol–water partition coefficient (Wildman–Crippen LogP) is 2.11. The Labute approximate surface area is 121 Å². The maximum atomic E-state index is 6.02. The van der Waals surface area contributed by atoms with E-state index < -0.39 is 0 Å². The number of fused-ring (bicyclic) bond motifs is 1. The maximum absolute atomic E-state index is 6.02. The van der Waals surface area contributed by atoms with Crippen LogP contribution in [0.5, 0.6) is 0 Å². The topological polar surface area (TPSA) is 47.7 Å². The highest BCUT2D eigenvalue weighted by Gasteiger charge is 2.17. The summed E-state index contributed by atoms with van der Waals surface area (Å²) in [4.78, 5) is 2.36. The van der Waals surface area contributed by atoms with Gasteiger partial charge in [0.25, 0.3) is 0 Å². The smallest absolute Gasteiger partial charge is 0.0701 e. The van der Waals surface area contributed by atoms with Crippen molar-refractivity contribution in [2.45, 2.75) is 12.8 Å². The molecule has 0 amide bonds. The lowest BCUT2D eigenvalue weighted by Crippen LogP contribution is -2.33. The number of nitrogens with two attached hydrogens (primary N) is 1. The molecule has 2 rings (SSSR count). The minimum atomic E-state index is 0. The zero-order valence-corrected chi connectivity index (χ0v) is 12.2. The van der Waals surface area contributed by atoms with Crippen molar-refractivity contribution in [1.29, 1.82) is 0 Å². The van der Waals surface area contributed by atoms with E-state index in [9.17, 15) is 0 Å². The van der Waals surface area contributed by atoms with Gasteiger partial charge in [0.1, 0.15) is 0 Å². The van der Waals surface area contributed by atoms with Gasteiger partial charge >= 0.3 is 0 Å². The molecule has 1 heterocycles. The van der Waals surface area contributed by atoms with Crippen molar-refractivity contribution >= 4 is 23.8 Å². The van der Waals surface area contributed by atoms with Crippen LogP contribution in [-0.4, -0.2) is 40.0 Å². The van der Waals surface area contributed by atoms with Crippen molar-refractivity contribution in [3.63, 3.8) is 0 Å². The molecule has 0 aliphatic carbocycles. The Bertz CT molecular complexity index is 388. The van der Waals surface area contributed by atoms with Gasteiger partial charge in [-0.2, -0.15) is 0 Å². The molecule has 0 fully saturated rings. The Morgan fingerprint density at radius 2 is 2.11 bits per heavy atom. The average molecular weight is 287 g/mol. The molecule has 5 heteroatoms. The minimum absolute atomic E-state index is 0. The fraction of sp³-hybridized carbons (Fsp3) is 0.571. The molecule has 1 aromatic rings. The van der Waals surface area contributed by atoms with E-state index in [4.69, 9.17) is 15.2 Å². The van der Waals surface area contributed by atoms with Gasteiger partial charge in [-0.25, -0.2) is 0 Å². The molecule has 0 aromatic heterocycles. The minimum Gasteiger partial charge on any atom is -0.398 e. The van der Waals surface area contributed by atoms with Gasteiger partial charge in [-0.05, 0) is 30.5 Å². The summed E-state index contributed by atoms with van der Waals surface area (Å²) in [6, 6.07) is 6.16. The van der Waals surface area contributed by atoms with Gasteiger partial charge in [0.05, 0.1) is 19.8 Å². The molecule has 2 N–H and O–H groups in total. The first kappa shape index (κ1) is 16.1. The fourth-order valence-electron chi connectivity index (χ4n) is 2.38. The van der Waals surface area contributed by atoms with Gasteiger partial charge in [0.2, 0.25) is 0 Å². The monoisotopic (exact) mass is 286 g/mol. The number of nitrogens with zero attached hydrogens (tertiary/aromatic N) is 1. The number of nitrogen functional groups attached to an aromatic ring is 1. The summed E-state index contributed by atoms with van der Waals surface area (Å²) in [5.74, 6) is 0. The second-order valence-electron chi connectivity index (χ2n) is 4.54. The first-order chi connectivity index (χ1) is 8.83. The second-order valence-corrected chi connectivity index (χ2v) is 4.54. The number of rotatable bonds is 6. The van der Waals surface area contributed by atoms with E-state index in [-0.39, 0.29) is 12.4 Å². The highest BCUT2D eigenvalue weighted by Crippen LogP contribution is 2.30. The fourth-order valence-corrected chi connectivity index (χ4v) is 2.38. The van der Waals surface area contributed by atoms with Gasteiger partial charge in [-0.15, -0.1) is 12.4 Å². The average Bonchev–Trinajstić information content (AvgIpc) is 2.39. The third-order valence-corrected chi connectivity index (χ3v) is 3.32. The Morgan fingerprint density at radius 1 is 1.26 bits per heavy atom. The van der Waals surface area contributed by atoms with E-state index in [1.165, 1.54) is 17.7 Å². The molecule has 0 radical (unpaired) electrons. The Hall–Kier alpha value is -0.970. The summed E-state index contributed by atoms with van der Waals surface area (Å²) in [6.45, 7) is 4.06. The Morgan fingerprint density at radius 3 is 2.89 bits per heavy atom. The lowest BCUT2D eigenvalue weighted by molar-refractivity contribution is 0.0739. The summed E-state index contributed by atoms with van der Waals surface area (Å²) in [5.41, 5.74) is 9.50. The van der Waals surface area contributed by atoms with E-state index >= 15 is 0 Å². The van der Waals surface area contributed by atoms with Gasteiger partial charge in [0, 0.05) is 31.6 Å². The number of halogens is 1. The molecule has 1 aliphatic rings. The molecule has 0 atom stereocenters. The number of benzene rings is 1. The van der Waals surface area contributed by atoms with E-state index in [1.807, 2.05) is 12.1 Å². The molecule has 19 heavy (non-hydrogen) atoms. The zero-order valence-electron chi connectivity index (χ0n) is 11.4. The molecule has 0 bridgehead atoms. The summed E-state index contributed by atoms with van der Waals surface area (Å²) in [6.07, 6.45) is 2.25. The van der Waals surface area contributed by atoms with Crippen LogP contribution in [0.3, 0.4) is 0 Å². The molecule has 0 saturated carbocycles. The van der Waals surface area contributed by atoms with Crippen molar-refractivity contribution in [3.05, 3.63) is 23.8 Å². The van der Waals surface area contributed by atoms with Gasteiger partial charge in [0.15, 0.2) is 0 Å². The van der Waals surface area contributed by atoms with Gasteiger partial charge in [-0.1, -0.05) is 6.07 Å². The third kappa shape index (κ3) is 4.27.